The number of benzene rings is 2. The molecule has 1 heterocycles. The number of sulfonamides is 1. The number of hydrogen-bond donors (Lipinski definition) is 2. The molecule has 1 amide bonds. The normalized spacial score (nSPS) is 11.3. The Hall–Kier alpha value is -3.04. The molecule has 0 fully saturated rings. The van der Waals surface area contributed by atoms with Crippen molar-refractivity contribution < 1.29 is 17.6 Å². The molecule has 9 heteroatoms. The van der Waals surface area contributed by atoms with Crippen molar-refractivity contribution in [1.82, 2.24) is 10.2 Å². The van der Waals surface area contributed by atoms with Gasteiger partial charge >= 0.3 is 0 Å². The highest BCUT2D eigenvalue weighted by atomic mass is 32.2. The number of nitrogens with zero attached hydrogens (tertiary/aromatic N) is 2. The van der Waals surface area contributed by atoms with E-state index >= 15 is 0 Å². The van der Waals surface area contributed by atoms with Gasteiger partial charge in [-0.15, -0.1) is 10.2 Å². The number of aryl methyl sites for hydroxylation is 1. The van der Waals surface area contributed by atoms with E-state index in [-0.39, 0.29) is 10.5 Å². The highest BCUT2D eigenvalue weighted by molar-refractivity contribution is 7.89. The Labute approximate surface area is 150 Å². The van der Waals surface area contributed by atoms with Crippen LogP contribution in [0.2, 0.25) is 0 Å². The molecule has 0 saturated heterocycles. The van der Waals surface area contributed by atoms with Crippen molar-refractivity contribution in [3.05, 3.63) is 59.5 Å². The molecular formula is C17H16N4O4S. The first-order valence-electron chi connectivity index (χ1n) is 7.57. The Kier molecular flexibility index (Phi) is 4.58. The van der Waals surface area contributed by atoms with Gasteiger partial charge in [0.05, 0.1) is 4.90 Å². The molecule has 0 unspecified atom stereocenters. The molecule has 0 aliphatic rings. The molecule has 1 aromatic heterocycles. The Balaban J connectivity index is 1.85. The fourth-order valence-electron chi connectivity index (χ4n) is 2.45. The fourth-order valence-corrected chi connectivity index (χ4v) is 3.33. The standard InChI is InChI=1S/C17H16N4O4S/c1-10-7-13(8-15(11(10)2)26(18,23)24)16(22)20-14-5-3-12(4-6-14)17-21-19-9-25-17/h3-9H,1-2H3,(H,20,22)(H2,18,23,24). The summed E-state index contributed by atoms with van der Waals surface area (Å²) in [5, 5.41) is 15.4. The topological polar surface area (TPSA) is 128 Å². The predicted octanol–water partition coefficient (Wildman–Crippen LogP) is 2.25. The minimum Gasteiger partial charge on any atom is -0.423 e. The summed E-state index contributed by atoms with van der Waals surface area (Å²) in [6.45, 7) is 3.37. The van der Waals surface area contributed by atoms with E-state index in [4.69, 9.17) is 9.56 Å². The molecule has 0 radical (unpaired) electrons. The number of amides is 1. The summed E-state index contributed by atoms with van der Waals surface area (Å²) in [5.74, 6) is -0.0710. The first kappa shape index (κ1) is 17.8. The molecule has 134 valence electrons. The third kappa shape index (κ3) is 3.63. The van der Waals surface area contributed by atoms with Gasteiger partial charge < -0.3 is 9.73 Å². The molecular weight excluding hydrogens is 356 g/mol. The van der Waals surface area contributed by atoms with E-state index in [2.05, 4.69) is 15.5 Å². The molecule has 0 spiro atoms. The third-order valence-corrected chi connectivity index (χ3v) is 4.98. The maximum absolute atomic E-state index is 12.5. The van der Waals surface area contributed by atoms with Crippen LogP contribution in [0.25, 0.3) is 11.5 Å². The molecule has 0 aliphatic carbocycles. The van der Waals surface area contributed by atoms with E-state index in [0.717, 1.165) is 0 Å². The van der Waals surface area contributed by atoms with E-state index in [1.165, 1.54) is 12.5 Å². The summed E-state index contributed by atoms with van der Waals surface area (Å²) in [6, 6.07) is 9.70. The van der Waals surface area contributed by atoms with Crippen LogP contribution in [0, 0.1) is 13.8 Å². The van der Waals surface area contributed by atoms with Crippen LogP contribution < -0.4 is 10.5 Å². The van der Waals surface area contributed by atoms with Crippen LogP contribution in [0.15, 0.2) is 52.1 Å². The number of primary sulfonamides is 1. The van der Waals surface area contributed by atoms with Gasteiger partial charge in [-0.2, -0.15) is 0 Å². The van der Waals surface area contributed by atoms with Gasteiger partial charge in [0.1, 0.15) is 0 Å². The van der Waals surface area contributed by atoms with E-state index < -0.39 is 15.9 Å². The fraction of sp³-hybridized carbons (Fsp3) is 0.118. The lowest BCUT2D eigenvalue weighted by Crippen LogP contribution is -2.17. The van der Waals surface area contributed by atoms with Crippen molar-refractivity contribution in [2.45, 2.75) is 18.7 Å². The van der Waals surface area contributed by atoms with Crippen molar-refractivity contribution in [3.8, 4) is 11.5 Å². The van der Waals surface area contributed by atoms with Gasteiger partial charge in [-0.25, -0.2) is 13.6 Å². The van der Waals surface area contributed by atoms with Crippen LogP contribution in [0.1, 0.15) is 21.5 Å². The maximum Gasteiger partial charge on any atom is 0.255 e. The van der Waals surface area contributed by atoms with Gasteiger partial charge in [0.25, 0.3) is 5.91 Å². The van der Waals surface area contributed by atoms with E-state index in [0.29, 0.717) is 28.3 Å². The molecule has 0 atom stereocenters. The summed E-state index contributed by atoms with van der Waals surface area (Å²) < 4.78 is 28.5. The largest absolute Gasteiger partial charge is 0.423 e. The van der Waals surface area contributed by atoms with Gasteiger partial charge in [0, 0.05) is 16.8 Å². The number of rotatable bonds is 4. The molecule has 0 bridgehead atoms. The molecule has 3 rings (SSSR count). The molecule has 8 nitrogen and oxygen atoms in total. The number of aromatic nitrogens is 2. The van der Waals surface area contributed by atoms with Crippen LogP contribution in [-0.2, 0) is 10.0 Å². The van der Waals surface area contributed by atoms with Crippen molar-refractivity contribution in [2.24, 2.45) is 5.14 Å². The lowest BCUT2D eigenvalue weighted by Gasteiger charge is -2.11. The number of hydrogen-bond acceptors (Lipinski definition) is 6. The number of nitrogens with one attached hydrogen (secondary N) is 1. The molecule has 3 aromatic rings. The monoisotopic (exact) mass is 372 g/mol. The van der Waals surface area contributed by atoms with Crippen molar-refractivity contribution in [1.29, 1.82) is 0 Å². The van der Waals surface area contributed by atoms with Crippen molar-refractivity contribution in [2.75, 3.05) is 5.32 Å². The molecule has 0 aliphatic heterocycles. The van der Waals surface area contributed by atoms with Crippen LogP contribution >= 0.6 is 0 Å². The Morgan fingerprint density at radius 1 is 1.15 bits per heavy atom. The number of nitrogens with two attached hydrogens (primary N) is 1. The predicted molar refractivity (Wildman–Crippen MR) is 95.0 cm³/mol. The van der Waals surface area contributed by atoms with Gasteiger partial charge in [-0.1, -0.05) is 0 Å². The molecule has 3 N–H and O–H groups in total. The average Bonchev–Trinajstić information content (AvgIpc) is 3.11. The smallest absolute Gasteiger partial charge is 0.255 e. The first-order chi connectivity index (χ1) is 12.3. The summed E-state index contributed by atoms with van der Waals surface area (Å²) >= 11 is 0. The average molecular weight is 372 g/mol. The highest BCUT2D eigenvalue weighted by Crippen LogP contribution is 2.22. The number of carbonyl (C=O) groups is 1. The third-order valence-electron chi connectivity index (χ3n) is 3.94. The molecule has 2 aromatic carbocycles. The minimum absolute atomic E-state index is 0.0607. The van der Waals surface area contributed by atoms with Crippen molar-refractivity contribution >= 4 is 21.6 Å². The molecule has 26 heavy (non-hydrogen) atoms. The lowest BCUT2D eigenvalue weighted by molar-refractivity contribution is 0.102. The molecule has 0 saturated carbocycles. The highest BCUT2D eigenvalue weighted by Gasteiger charge is 2.17. The van der Waals surface area contributed by atoms with E-state index in [1.54, 1.807) is 44.2 Å². The van der Waals surface area contributed by atoms with Gasteiger partial charge in [-0.05, 0) is 61.4 Å². The zero-order valence-electron chi connectivity index (χ0n) is 14.1. The summed E-state index contributed by atoms with van der Waals surface area (Å²) in [4.78, 5) is 12.4. The zero-order chi connectivity index (χ0) is 18.9. The van der Waals surface area contributed by atoms with Gasteiger partial charge in [0.15, 0.2) is 0 Å². The first-order valence-corrected chi connectivity index (χ1v) is 9.12. The second-order valence-corrected chi connectivity index (χ2v) is 7.27. The van der Waals surface area contributed by atoms with Crippen molar-refractivity contribution in [3.63, 3.8) is 0 Å². The Morgan fingerprint density at radius 3 is 2.42 bits per heavy atom. The van der Waals surface area contributed by atoms with Crippen LogP contribution in [0.4, 0.5) is 5.69 Å². The van der Waals surface area contributed by atoms with Crippen LogP contribution in [-0.4, -0.2) is 24.5 Å². The van der Waals surface area contributed by atoms with E-state index in [9.17, 15) is 13.2 Å². The van der Waals surface area contributed by atoms with E-state index in [1.807, 2.05) is 0 Å². The van der Waals surface area contributed by atoms with Crippen LogP contribution in [0.5, 0.6) is 0 Å². The lowest BCUT2D eigenvalue weighted by atomic mass is 10.1. The van der Waals surface area contributed by atoms with Gasteiger partial charge in [-0.3, -0.25) is 4.79 Å². The summed E-state index contributed by atoms with van der Waals surface area (Å²) in [5.41, 5.74) is 2.64. The quantitative estimate of drug-likeness (QED) is 0.723. The zero-order valence-corrected chi connectivity index (χ0v) is 14.9. The maximum atomic E-state index is 12.5. The second-order valence-electron chi connectivity index (χ2n) is 5.74. The Morgan fingerprint density at radius 2 is 1.85 bits per heavy atom. The Bertz CT molecular complexity index is 1060. The SMILES string of the molecule is Cc1cc(C(=O)Nc2ccc(-c3nnco3)cc2)cc(S(N)(=O)=O)c1C. The summed E-state index contributed by atoms with van der Waals surface area (Å²) in [6.07, 6.45) is 1.23. The van der Waals surface area contributed by atoms with Gasteiger partial charge in [0.2, 0.25) is 22.3 Å². The number of carbonyl (C=O) groups excluding carboxylic acids is 1. The number of anilines is 1. The second kappa shape index (κ2) is 6.70. The minimum atomic E-state index is -3.92. The van der Waals surface area contributed by atoms with Crippen LogP contribution in [0.3, 0.4) is 0 Å². The summed E-state index contributed by atoms with van der Waals surface area (Å²) in [7, 11) is -3.92.